The third kappa shape index (κ3) is 6.57. The number of aryl methyl sites for hydroxylation is 3. The Morgan fingerprint density at radius 3 is 2.73 bits per heavy atom. The Morgan fingerprint density at radius 1 is 1.18 bits per heavy atom. The average molecular weight is 663 g/mol. The fourth-order valence-corrected chi connectivity index (χ4v) is 7.51. The summed E-state index contributed by atoms with van der Waals surface area (Å²) in [4.78, 5) is 36.6. The first-order valence-electron chi connectivity index (χ1n) is 14.5. The number of hydrogen-bond acceptors (Lipinski definition) is 8. The molecule has 14 heteroatoms. The van der Waals surface area contributed by atoms with E-state index in [1.54, 1.807) is 42.0 Å². The molecule has 0 amide bonds. The average Bonchev–Trinajstić information content (AvgIpc) is 3.61. The van der Waals surface area contributed by atoms with Crippen LogP contribution in [-0.4, -0.2) is 68.7 Å². The molecule has 0 bridgehead atoms. The number of benzene rings is 1. The van der Waals surface area contributed by atoms with E-state index in [9.17, 15) is 27.9 Å². The summed E-state index contributed by atoms with van der Waals surface area (Å²) in [6.07, 6.45) is -3.57. The number of aromatic nitrogens is 3. The van der Waals surface area contributed by atoms with Gasteiger partial charge in [0, 0.05) is 51.9 Å². The van der Waals surface area contributed by atoms with Crippen molar-refractivity contribution in [2.75, 3.05) is 19.7 Å². The minimum atomic E-state index is -4.67. The van der Waals surface area contributed by atoms with Crippen LogP contribution in [0.2, 0.25) is 5.02 Å². The maximum atomic E-state index is 13.7. The van der Waals surface area contributed by atoms with Crippen LogP contribution in [0.15, 0.2) is 34.4 Å². The Balaban J connectivity index is 1.21. The van der Waals surface area contributed by atoms with Crippen LogP contribution >= 0.6 is 22.9 Å². The summed E-state index contributed by atoms with van der Waals surface area (Å²) < 4.78 is 50.9. The molecular weight excluding hydrogens is 633 g/mol. The molecule has 9 nitrogen and oxygen atoms in total. The van der Waals surface area contributed by atoms with Gasteiger partial charge in [-0.3, -0.25) is 24.0 Å². The second kappa shape index (κ2) is 12.3. The maximum Gasteiger partial charge on any atom is 0.522 e. The Labute approximate surface area is 265 Å². The summed E-state index contributed by atoms with van der Waals surface area (Å²) in [5.41, 5.74) is 3.73. The first-order chi connectivity index (χ1) is 21.4. The molecule has 2 aliphatic rings. The van der Waals surface area contributed by atoms with E-state index in [4.69, 9.17) is 21.3 Å². The minimum absolute atomic E-state index is 0.0579. The number of thiophene rings is 1. The lowest BCUT2D eigenvalue weighted by atomic mass is 9.91. The first-order valence-corrected chi connectivity index (χ1v) is 15.8. The minimum Gasteiger partial charge on any atom is -0.491 e. The number of likely N-dealkylation sites (tertiary alicyclic amines) is 1. The smallest absolute Gasteiger partial charge is 0.491 e. The number of nitrogens with zero attached hydrogens (tertiary/aromatic N) is 4. The van der Waals surface area contributed by atoms with Gasteiger partial charge in [-0.25, -0.2) is 9.78 Å². The van der Waals surface area contributed by atoms with Gasteiger partial charge in [-0.2, -0.15) is 0 Å². The molecule has 1 aromatic carbocycles. The summed E-state index contributed by atoms with van der Waals surface area (Å²) in [5, 5.41) is 11.7. The Morgan fingerprint density at radius 2 is 1.98 bits per heavy atom. The Kier molecular flexibility index (Phi) is 8.63. The maximum absolute atomic E-state index is 13.7. The van der Waals surface area contributed by atoms with Crippen molar-refractivity contribution in [1.29, 1.82) is 0 Å². The fraction of sp³-hybridized carbons (Fsp3) is 0.419. The van der Waals surface area contributed by atoms with E-state index in [0.717, 1.165) is 11.3 Å². The molecule has 1 fully saturated rings. The summed E-state index contributed by atoms with van der Waals surface area (Å²) in [6, 6.07) is 6.99. The van der Waals surface area contributed by atoms with Crippen molar-refractivity contribution in [2.24, 2.45) is 0 Å². The number of hydrogen-bond donors (Lipinski definition) is 1. The van der Waals surface area contributed by atoms with E-state index in [-0.39, 0.29) is 36.9 Å². The van der Waals surface area contributed by atoms with Gasteiger partial charge in [0.15, 0.2) is 0 Å². The quantitative estimate of drug-likeness (QED) is 0.244. The number of halogens is 4. The number of pyridine rings is 1. The molecule has 45 heavy (non-hydrogen) atoms. The normalized spacial score (nSPS) is 18.8. The van der Waals surface area contributed by atoms with Crippen LogP contribution in [0, 0.1) is 13.8 Å². The largest absolute Gasteiger partial charge is 0.522 e. The molecule has 6 rings (SSSR count). The third-order valence-corrected chi connectivity index (χ3v) is 9.61. The first kappa shape index (κ1) is 31.5. The van der Waals surface area contributed by atoms with Gasteiger partial charge < -0.3 is 9.84 Å². The SMILES string of the molecule is Cc1cc(-c2cc(Cl)ccc2OCCn2c(C)nc3c(c2=O)C[C@@H](N2CC[C@@H](OC(F)(F)F)C2)CC3)c2scc(C(=O)O)c2n1. The zero-order valence-corrected chi connectivity index (χ0v) is 26.1. The zero-order chi connectivity index (χ0) is 32.0. The molecule has 1 aliphatic heterocycles. The third-order valence-electron chi connectivity index (χ3n) is 8.37. The van der Waals surface area contributed by atoms with Gasteiger partial charge in [0.1, 0.15) is 18.2 Å². The molecule has 2 atom stereocenters. The van der Waals surface area contributed by atoms with Crippen molar-refractivity contribution in [1.82, 2.24) is 19.4 Å². The molecule has 0 saturated carbocycles. The van der Waals surface area contributed by atoms with Crippen LogP contribution in [0.5, 0.6) is 5.75 Å². The highest BCUT2D eigenvalue weighted by Crippen LogP contribution is 2.40. The molecule has 1 N–H and O–H groups in total. The topological polar surface area (TPSA) is 107 Å². The number of carbonyl (C=O) groups is 1. The zero-order valence-electron chi connectivity index (χ0n) is 24.5. The lowest BCUT2D eigenvalue weighted by molar-refractivity contribution is -0.340. The molecular formula is C31H30ClF3N4O5S. The summed E-state index contributed by atoms with van der Waals surface area (Å²) in [7, 11) is 0. The number of rotatable bonds is 8. The lowest BCUT2D eigenvalue weighted by Gasteiger charge is -2.32. The highest BCUT2D eigenvalue weighted by molar-refractivity contribution is 7.18. The van der Waals surface area contributed by atoms with E-state index in [1.807, 2.05) is 11.0 Å². The standard InChI is InChI=1S/C31H30ClF3N4O5S/c1-16-11-22(28-27(36-16)24(15-45-28)30(41)42)21-12-18(32)3-6-26(21)43-10-9-39-17(2)37-25-5-4-19(13-23(25)29(39)40)38-8-7-20(14-38)44-31(33,34)35/h3,6,11-12,15,19-20H,4-5,7-10,13-14H2,1-2H3,(H,41,42)/t19-,20+/m0/s1. The summed E-state index contributed by atoms with van der Waals surface area (Å²) in [6.45, 7) is 4.58. The van der Waals surface area contributed by atoms with E-state index < -0.39 is 18.4 Å². The number of aromatic carboxylic acids is 1. The van der Waals surface area contributed by atoms with Crippen molar-refractivity contribution in [2.45, 2.75) is 64.6 Å². The van der Waals surface area contributed by atoms with Crippen molar-refractivity contribution in [3.8, 4) is 16.9 Å². The predicted octanol–water partition coefficient (Wildman–Crippen LogP) is 6.04. The van der Waals surface area contributed by atoms with Gasteiger partial charge in [-0.05, 0) is 63.8 Å². The molecule has 4 aromatic rings. The molecule has 1 saturated heterocycles. The van der Waals surface area contributed by atoms with Crippen molar-refractivity contribution in [3.05, 3.63) is 73.4 Å². The predicted molar refractivity (Wildman–Crippen MR) is 163 cm³/mol. The molecule has 3 aromatic heterocycles. The molecule has 1 aliphatic carbocycles. The molecule has 0 unspecified atom stereocenters. The second-order valence-electron chi connectivity index (χ2n) is 11.3. The highest BCUT2D eigenvalue weighted by Gasteiger charge is 2.39. The number of ether oxygens (including phenoxy) is 2. The number of carboxylic acid groups (broad SMARTS) is 1. The fourth-order valence-electron chi connectivity index (χ4n) is 6.33. The van der Waals surface area contributed by atoms with Crippen LogP contribution in [0.1, 0.15) is 46.0 Å². The Hall–Kier alpha value is -3.52. The van der Waals surface area contributed by atoms with Gasteiger partial charge in [0.05, 0.1) is 34.1 Å². The second-order valence-corrected chi connectivity index (χ2v) is 12.7. The molecule has 0 spiro atoms. The van der Waals surface area contributed by atoms with Crippen LogP contribution in [0.4, 0.5) is 13.2 Å². The lowest BCUT2D eigenvalue weighted by Crippen LogP contribution is -2.42. The van der Waals surface area contributed by atoms with E-state index in [0.29, 0.717) is 75.9 Å². The van der Waals surface area contributed by atoms with Crippen LogP contribution in [0.3, 0.4) is 0 Å². The van der Waals surface area contributed by atoms with Crippen LogP contribution in [-0.2, 0) is 24.1 Å². The van der Waals surface area contributed by atoms with Gasteiger partial charge in [-0.1, -0.05) is 11.6 Å². The molecule has 238 valence electrons. The van der Waals surface area contributed by atoms with Crippen molar-refractivity contribution >= 4 is 39.1 Å². The molecule has 0 radical (unpaired) electrons. The van der Waals surface area contributed by atoms with Gasteiger partial charge >= 0.3 is 12.3 Å². The summed E-state index contributed by atoms with van der Waals surface area (Å²) >= 11 is 7.65. The van der Waals surface area contributed by atoms with Crippen LogP contribution in [0.25, 0.3) is 21.3 Å². The number of alkyl halides is 3. The van der Waals surface area contributed by atoms with E-state index in [2.05, 4.69) is 9.72 Å². The van der Waals surface area contributed by atoms with Crippen molar-refractivity contribution < 1.29 is 32.5 Å². The monoisotopic (exact) mass is 662 g/mol. The van der Waals surface area contributed by atoms with Crippen LogP contribution < -0.4 is 10.3 Å². The summed E-state index contributed by atoms with van der Waals surface area (Å²) in [5.74, 6) is 0.0138. The highest BCUT2D eigenvalue weighted by atomic mass is 35.5. The van der Waals surface area contributed by atoms with E-state index in [1.165, 1.54) is 11.3 Å². The number of fused-ring (bicyclic) bond motifs is 2. The van der Waals surface area contributed by atoms with Gasteiger partial charge in [0.2, 0.25) is 0 Å². The number of carboxylic acids is 1. The van der Waals surface area contributed by atoms with Crippen molar-refractivity contribution in [3.63, 3.8) is 0 Å². The Bertz CT molecular complexity index is 1840. The van der Waals surface area contributed by atoms with E-state index >= 15 is 0 Å². The molecule has 4 heterocycles. The van der Waals surface area contributed by atoms with Gasteiger partial charge in [-0.15, -0.1) is 24.5 Å². The van der Waals surface area contributed by atoms with Gasteiger partial charge in [0.25, 0.3) is 5.56 Å².